The molecular weight excluding hydrogens is 250 g/mol. The van der Waals surface area contributed by atoms with Crippen molar-refractivity contribution in [2.24, 2.45) is 0 Å². The average Bonchev–Trinajstić information content (AvgIpc) is 2.86. The lowest BCUT2D eigenvalue weighted by molar-refractivity contribution is -0.133. The van der Waals surface area contributed by atoms with Crippen molar-refractivity contribution in [3.63, 3.8) is 0 Å². The van der Waals surface area contributed by atoms with E-state index in [0.717, 1.165) is 16.2 Å². The first kappa shape index (κ1) is 13.4. The number of benzene rings is 1. The van der Waals surface area contributed by atoms with Gasteiger partial charge in [-0.2, -0.15) is 0 Å². The summed E-state index contributed by atoms with van der Waals surface area (Å²) >= 11 is 0. The van der Waals surface area contributed by atoms with E-state index in [1.807, 2.05) is 24.3 Å². The van der Waals surface area contributed by atoms with Gasteiger partial charge in [-0.3, -0.25) is 4.79 Å². The molecule has 1 heterocycles. The van der Waals surface area contributed by atoms with Crippen LogP contribution in [0.3, 0.4) is 0 Å². The first-order valence-corrected chi connectivity index (χ1v) is 5.88. The van der Waals surface area contributed by atoms with Crippen LogP contribution in [-0.4, -0.2) is 43.8 Å². The first-order chi connectivity index (χ1) is 9.20. The van der Waals surface area contributed by atoms with Crippen LogP contribution in [0.2, 0.25) is 0 Å². The summed E-state index contributed by atoms with van der Waals surface area (Å²) < 4.78 is 15.0. The third-order valence-electron chi connectivity index (χ3n) is 2.72. The lowest BCUT2D eigenvalue weighted by Crippen LogP contribution is -2.34. The van der Waals surface area contributed by atoms with E-state index in [-0.39, 0.29) is 19.1 Å². The highest BCUT2D eigenvalue weighted by molar-refractivity contribution is 5.93. The number of carbonyl (C=O) groups is 2. The predicted molar refractivity (Wildman–Crippen MR) is 65.7 cm³/mol. The van der Waals surface area contributed by atoms with Gasteiger partial charge in [-0.1, -0.05) is 12.1 Å². The van der Waals surface area contributed by atoms with Gasteiger partial charge in [0, 0.05) is 0 Å². The molecular formula is C13H15NO5. The lowest BCUT2D eigenvalue weighted by Gasteiger charge is -2.10. The molecule has 6 nitrogen and oxygen atoms in total. The third-order valence-corrected chi connectivity index (χ3v) is 2.72. The van der Waals surface area contributed by atoms with Crippen molar-refractivity contribution in [3.8, 4) is 5.75 Å². The zero-order valence-electron chi connectivity index (χ0n) is 10.6. The largest absolute Gasteiger partial charge is 0.497 e. The van der Waals surface area contributed by atoms with E-state index in [2.05, 4.69) is 4.74 Å². The SMILES string of the molecule is COc1ccc(COCC(=O)N2CCOC2=O)cc1. The molecule has 0 atom stereocenters. The van der Waals surface area contributed by atoms with E-state index in [0.29, 0.717) is 13.2 Å². The summed E-state index contributed by atoms with van der Waals surface area (Å²) in [7, 11) is 1.60. The van der Waals surface area contributed by atoms with E-state index >= 15 is 0 Å². The van der Waals surface area contributed by atoms with Crippen LogP contribution in [0.1, 0.15) is 5.56 Å². The Bertz CT molecular complexity index is 457. The van der Waals surface area contributed by atoms with Gasteiger partial charge in [-0.15, -0.1) is 0 Å². The highest BCUT2D eigenvalue weighted by atomic mass is 16.6. The number of amides is 2. The van der Waals surface area contributed by atoms with E-state index in [1.165, 1.54) is 0 Å². The Labute approximate surface area is 110 Å². The normalized spacial score (nSPS) is 14.4. The fourth-order valence-corrected chi connectivity index (χ4v) is 1.68. The highest BCUT2D eigenvalue weighted by Gasteiger charge is 2.27. The molecule has 2 amide bonds. The van der Waals surface area contributed by atoms with Crippen molar-refractivity contribution in [2.45, 2.75) is 6.61 Å². The molecule has 1 aliphatic heterocycles. The molecule has 1 aromatic rings. The monoisotopic (exact) mass is 265 g/mol. The molecule has 0 saturated carbocycles. The molecule has 1 fully saturated rings. The van der Waals surface area contributed by atoms with Crippen molar-refractivity contribution in [1.82, 2.24) is 4.90 Å². The van der Waals surface area contributed by atoms with Crippen LogP contribution in [-0.2, 0) is 20.9 Å². The molecule has 2 rings (SSSR count). The maximum Gasteiger partial charge on any atom is 0.416 e. The maximum absolute atomic E-state index is 11.6. The second-order valence-corrected chi connectivity index (χ2v) is 4.00. The number of hydrogen-bond donors (Lipinski definition) is 0. The minimum atomic E-state index is -0.599. The molecule has 1 saturated heterocycles. The molecule has 0 aromatic heterocycles. The molecule has 0 radical (unpaired) electrons. The van der Waals surface area contributed by atoms with Gasteiger partial charge in [0.25, 0.3) is 5.91 Å². The molecule has 102 valence electrons. The number of carbonyl (C=O) groups excluding carboxylic acids is 2. The van der Waals surface area contributed by atoms with Gasteiger partial charge >= 0.3 is 6.09 Å². The minimum Gasteiger partial charge on any atom is -0.497 e. The fraction of sp³-hybridized carbons (Fsp3) is 0.385. The number of cyclic esters (lactones) is 1. The van der Waals surface area contributed by atoms with E-state index in [4.69, 9.17) is 9.47 Å². The molecule has 0 N–H and O–H groups in total. The molecule has 0 aliphatic carbocycles. The van der Waals surface area contributed by atoms with Crippen LogP contribution in [0.4, 0.5) is 4.79 Å². The predicted octanol–water partition coefficient (Wildman–Crippen LogP) is 1.19. The Hall–Kier alpha value is -2.08. The van der Waals surface area contributed by atoms with E-state index < -0.39 is 6.09 Å². The quantitative estimate of drug-likeness (QED) is 0.800. The smallest absolute Gasteiger partial charge is 0.416 e. The number of rotatable bonds is 5. The van der Waals surface area contributed by atoms with E-state index in [9.17, 15) is 9.59 Å². The summed E-state index contributed by atoms with van der Waals surface area (Å²) in [5.41, 5.74) is 0.928. The van der Waals surface area contributed by atoms with Gasteiger partial charge in [0.1, 0.15) is 19.0 Å². The van der Waals surface area contributed by atoms with E-state index in [1.54, 1.807) is 7.11 Å². The molecule has 1 aromatic carbocycles. The van der Waals surface area contributed by atoms with Gasteiger partial charge in [-0.05, 0) is 17.7 Å². The second-order valence-electron chi connectivity index (χ2n) is 4.00. The number of ether oxygens (including phenoxy) is 3. The topological polar surface area (TPSA) is 65.1 Å². The Morgan fingerprint density at radius 1 is 1.37 bits per heavy atom. The van der Waals surface area contributed by atoms with Crippen LogP contribution in [0.5, 0.6) is 5.75 Å². The molecule has 1 aliphatic rings. The standard InChI is InChI=1S/C13H15NO5/c1-17-11-4-2-10(3-5-11)8-18-9-12(15)14-6-7-19-13(14)16/h2-5H,6-9H2,1H3. The fourth-order valence-electron chi connectivity index (χ4n) is 1.68. The van der Waals surface area contributed by atoms with Gasteiger partial charge < -0.3 is 14.2 Å². The zero-order valence-corrected chi connectivity index (χ0v) is 10.6. The van der Waals surface area contributed by atoms with Gasteiger partial charge in [0.05, 0.1) is 20.3 Å². The highest BCUT2D eigenvalue weighted by Crippen LogP contribution is 2.12. The molecule has 0 spiro atoms. The Kier molecular flexibility index (Phi) is 4.35. The summed E-state index contributed by atoms with van der Waals surface area (Å²) in [5, 5.41) is 0. The Morgan fingerprint density at radius 3 is 2.68 bits per heavy atom. The van der Waals surface area contributed by atoms with Gasteiger partial charge in [0.2, 0.25) is 0 Å². The summed E-state index contributed by atoms with van der Waals surface area (Å²) in [6.45, 7) is 0.715. The van der Waals surface area contributed by atoms with Crippen molar-refractivity contribution in [1.29, 1.82) is 0 Å². The second kappa shape index (κ2) is 6.19. The van der Waals surface area contributed by atoms with Crippen molar-refractivity contribution in [3.05, 3.63) is 29.8 Å². The minimum absolute atomic E-state index is 0.138. The van der Waals surface area contributed by atoms with Crippen molar-refractivity contribution >= 4 is 12.0 Å². The Balaban J connectivity index is 1.76. The first-order valence-electron chi connectivity index (χ1n) is 5.88. The molecule has 19 heavy (non-hydrogen) atoms. The maximum atomic E-state index is 11.6. The van der Waals surface area contributed by atoms with Crippen LogP contribution in [0.15, 0.2) is 24.3 Å². The number of nitrogens with zero attached hydrogens (tertiary/aromatic N) is 1. The number of hydrogen-bond acceptors (Lipinski definition) is 5. The number of imide groups is 1. The average molecular weight is 265 g/mol. The van der Waals surface area contributed by atoms with Crippen molar-refractivity contribution in [2.75, 3.05) is 26.9 Å². The molecule has 0 bridgehead atoms. The van der Waals surface area contributed by atoms with Gasteiger partial charge in [0.15, 0.2) is 0 Å². The number of methoxy groups -OCH3 is 1. The lowest BCUT2D eigenvalue weighted by atomic mass is 10.2. The van der Waals surface area contributed by atoms with Crippen molar-refractivity contribution < 1.29 is 23.8 Å². The van der Waals surface area contributed by atoms with Crippen LogP contribution >= 0.6 is 0 Å². The Morgan fingerprint density at radius 2 is 2.11 bits per heavy atom. The third kappa shape index (κ3) is 3.45. The van der Waals surface area contributed by atoms with Crippen LogP contribution in [0, 0.1) is 0 Å². The van der Waals surface area contributed by atoms with Crippen LogP contribution < -0.4 is 4.74 Å². The van der Waals surface area contributed by atoms with Crippen LogP contribution in [0.25, 0.3) is 0 Å². The summed E-state index contributed by atoms with van der Waals surface area (Å²) in [6.07, 6.45) is -0.599. The molecule has 0 unspecified atom stereocenters. The molecule has 6 heteroatoms. The summed E-state index contributed by atoms with van der Waals surface area (Å²) in [5.74, 6) is 0.385. The summed E-state index contributed by atoms with van der Waals surface area (Å²) in [4.78, 5) is 23.8. The zero-order chi connectivity index (χ0) is 13.7. The summed E-state index contributed by atoms with van der Waals surface area (Å²) in [6, 6.07) is 7.34. The van der Waals surface area contributed by atoms with Gasteiger partial charge in [-0.25, -0.2) is 9.69 Å².